The maximum Gasteiger partial charge on any atom is 0.233 e. The van der Waals surface area contributed by atoms with Gasteiger partial charge in [0.1, 0.15) is 0 Å². The van der Waals surface area contributed by atoms with Crippen LogP contribution in [0.2, 0.25) is 0 Å². The minimum Gasteiger partial charge on any atom is -0.355 e. The first-order valence-corrected chi connectivity index (χ1v) is 5.70. The van der Waals surface area contributed by atoms with Gasteiger partial charge in [-0.2, -0.15) is 0 Å². The number of amides is 1. The van der Waals surface area contributed by atoms with Crippen LogP contribution < -0.4 is 10.6 Å². The van der Waals surface area contributed by atoms with E-state index in [0.29, 0.717) is 13.1 Å². The summed E-state index contributed by atoms with van der Waals surface area (Å²) in [6.07, 6.45) is 0. The maximum atomic E-state index is 11.3. The predicted octanol–water partition coefficient (Wildman–Crippen LogP) is 1.78. The van der Waals surface area contributed by atoms with Gasteiger partial charge in [-0.15, -0.1) is 0 Å². The molecule has 2 N–H and O–H groups in total. The first kappa shape index (κ1) is 12.7. The van der Waals surface area contributed by atoms with Crippen molar-refractivity contribution in [2.45, 2.75) is 26.8 Å². The third kappa shape index (κ3) is 3.66. The van der Waals surface area contributed by atoms with Crippen LogP contribution >= 0.6 is 0 Å². The number of nitrogens with one attached hydrogen (secondary N) is 2. The zero-order valence-corrected chi connectivity index (χ0v) is 10.2. The van der Waals surface area contributed by atoms with Crippen molar-refractivity contribution in [3.05, 3.63) is 35.4 Å². The topological polar surface area (TPSA) is 41.1 Å². The third-order valence-electron chi connectivity index (χ3n) is 2.60. The number of hydrogen-bond acceptors (Lipinski definition) is 2. The van der Waals surface area contributed by atoms with E-state index in [1.54, 1.807) is 0 Å². The molecule has 3 nitrogen and oxygen atoms in total. The van der Waals surface area contributed by atoms with Crippen molar-refractivity contribution in [1.29, 1.82) is 0 Å². The van der Waals surface area contributed by atoms with Crippen molar-refractivity contribution in [1.82, 2.24) is 10.6 Å². The van der Waals surface area contributed by atoms with Crippen LogP contribution in [0.15, 0.2) is 24.3 Å². The predicted molar refractivity (Wildman–Crippen MR) is 66.3 cm³/mol. The van der Waals surface area contributed by atoms with E-state index in [1.807, 2.05) is 19.1 Å². The molecule has 0 spiro atoms. The molecule has 0 heterocycles. The smallest absolute Gasteiger partial charge is 0.233 e. The highest BCUT2D eigenvalue weighted by Crippen LogP contribution is 2.15. The summed E-state index contributed by atoms with van der Waals surface area (Å²) in [6, 6.07) is 8.41. The lowest BCUT2D eigenvalue weighted by Crippen LogP contribution is -2.34. The Morgan fingerprint density at radius 1 is 1.38 bits per heavy atom. The summed E-state index contributed by atoms with van der Waals surface area (Å²) < 4.78 is 0. The van der Waals surface area contributed by atoms with E-state index >= 15 is 0 Å². The van der Waals surface area contributed by atoms with Gasteiger partial charge in [0.25, 0.3) is 0 Å². The zero-order chi connectivity index (χ0) is 12.0. The van der Waals surface area contributed by atoms with Gasteiger partial charge in [0.15, 0.2) is 0 Å². The molecule has 3 heteroatoms. The van der Waals surface area contributed by atoms with E-state index in [-0.39, 0.29) is 11.9 Å². The third-order valence-corrected chi connectivity index (χ3v) is 2.60. The molecule has 1 amide bonds. The van der Waals surface area contributed by atoms with E-state index < -0.39 is 0 Å². The van der Waals surface area contributed by atoms with Crippen molar-refractivity contribution in [2.24, 2.45) is 0 Å². The molecule has 1 rings (SSSR count). The largest absolute Gasteiger partial charge is 0.355 e. The molecule has 88 valence electrons. The van der Waals surface area contributed by atoms with Crippen molar-refractivity contribution in [2.75, 3.05) is 13.1 Å². The van der Waals surface area contributed by atoms with Crippen LogP contribution in [0.25, 0.3) is 0 Å². The summed E-state index contributed by atoms with van der Waals surface area (Å²) in [7, 11) is 0. The number of likely N-dealkylation sites (N-methyl/N-ethyl adjacent to an activating group) is 1. The van der Waals surface area contributed by atoms with Gasteiger partial charge in [-0.3, -0.25) is 4.79 Å². The Labute approximate surface area is 97.2 Å². The molecular weight excluding hydrogens is 200 g/mol. The molecule has 0 aromatic heterocycles. The second-order valence-corrected chi connectivity index (χ2v) is 3.91. The second kappa shape index (κ2) is 6.28. The average Bonchev–Trinajstić information content (AvgIpc) is 2.27. The first-order chi connectivity index (χ1) is 7.65. The average molecular weight is 220 g/mol. The summed E-state index contributed by atoms with van der Waals surface area (Å²) in [4.78, 5) is 11.3. The molecule has 0 aliphatic carbocycles. The highest BCUT2D eigenvalue weighted by Gasteiger charge is 2.08. The lowest BCUT2D eigenvalue weighted by atomic mass is 10.0. The Morgan fingerprint density at radius 3 is 2.69 bits per heavy atom. The van der Waals surface area contributed by atoms with Crippen LogP contribution in [-0.2, 0) is 4.79 Å². The van der Waals surface area contributed by atoms with Crippen LogP contribution in [0, 0.1) is 6.92 Å². The van der Waals surface area contributed by atoms with Crippen LogP contribution in [0.1, 0.15) is 31.0 Å². The van der Waals surface area contributed by atoms with E-state index in [1.165, 1.54) is 11.1 Å². The standard InChI is InChI=1S/C13H20N2O/c1-4-14-13(16)9-15-11(3)12-8-6-5-7-10(12)2/h5-8,11,15H,4,9H2,1-3H3,(H,14,16)/t11-/m1/s1. The summed E-state index contributed by atoms with van der Waals surface area (Å²) in [6.45, 7) is 7.12. The number of hydrogen-bond donors (Lipinski definition) is 2. The molecule has 0 unspecified atom stereocenters. The fourth-order valence-electron chi connectivity index (χ4n) is 1.69. The molecule has 0 saturated carbocycles. The molecule has 1 atom stereocenters. The number of carbonyl (C=O) groups excluding carboxylic acids is 1. The number of rotatable bonds is 5. The molecule has 0 aliphatic heterocycles. The zero-order valence-electron chi connectivity index (χ0n) is 10.2. The summed E-state index contributed by atoms with van der Waals surface area (Å²) >= 11 is 0. The van der Waals surface area contributed by atoms with Crippen molar-refractivity contribution < 1.29 is 4.79 Å². The first-order valence-electron chi connectivity index (χ1n) is 5.70. The quantitative estimate of drug-likeness (QED) is 0.794. The molecule has 1 aromatic carbocycles. The normalized spacial score (nSPS) is 12.2. The molecule has 0 bridgehead atoms. The van der Waals surface area contributed by atoms with Gasteiger partial charge >= 0.3 is 0 Å². The molecule has 0 aliphatic rings. The molecule has 0 radical (unpaired) electrons. The SMILES string of the molecule is CCNC(=O)CN[C@H](C)c1ccccc1C. The Kier molecular flexibility index (Phi) is 4.99. The fourth-order valence-corrected chi connectivity index (χ4v) is 1.69. The minimum absolute atomic E-state index is 0.0444. The molecule has 0 fully saturated rings. The maximum absolute atomic E-state index is 11.3. The lowest BCUT2D eigenvalue weighted by Gasteiger charge is -2.16. The van der Waals surface area contributed by atoms with Crippen LogP contribution in [0.4, 0.5) is 0 Å². The van der Waals surface area contributed by atoms with Gasteiger partial charge in [0.05, 0.1) is 6.54 Å². The van der Waals surface area contributed by atoms with Crippen LogP contribution in [-0.4, -0.2) is 19.0 Å². The molecule has 1 aromatic rings. The molecule has 16 heavy (non-hydrogen) atoms. The van der Waals surface area contributed by atoms with Gasteiger partial charge in [-0.1, -0.05) is 24.3 Å². The van der Waals surface area contributed by atoms with Crippen LogP contribution in [0.5, 0.6) is 0 Å². The Bertz CT molecular complexity index is 350. The van der Waals surface area contributed by atoms with Crippen molar-refractivity contribution >= 4 is 5.91 Å². The van der Waals surface area contributed by atoms with Crippen LogP contribution in [0.3, 0.4) is 0 Å². The highest BCUT2D eigenvalue weighted by molar-refractivity contribution is 5.77. The highest BCUT2D eigenvalue weighted by atomic mass is 16.1. The fraction of sp³-hybridized carbons (Fsp3) is 0.462. The Balaban J connectivity index is 2.50. The Morgan fingerprint density at radius 2 is 2.06 bits per heavy atom. The van der Waals surface area contributed by atoms with E-state index in [4.69, 9.17) is 0 Å². The van der Waals surface area contributed by atoms with Crippen molar-refractivity contribution in [3.8, 4) is 0 Å². The number of carbonyl (C=O) groups is 1. The Hall–Kier alpha value is -1.35. The molecular formula is C13H20N2O. The van der Waals surface area contributed by atoms with Gasteiger partial charge in [0, 0.05) is 12.6 Å². The monoisotopic (exact) mass is 220 g/mol. The summed E-state index contributed by atoms with van der Waals surface area (Å²) in [5.41, 5.74) is 2.49. The van der Waals surface area contributed by atoms with Gasteiger partial charge in [-0.25, -0.2) is 0 Å². The van der Waals surface area contributed by atoms with Gasteiger partial charge in [0.2, 0.25) is 5.91 Å². The van der Waals surface area contributed by atoms with Gasteiger partial charge in [-0.05, 0) is 31.9 Å². The van der Waals surface area contributed by atoms with E-state index in [2.05, 4.69) is 36.6 Å². The number of aryl methyl sites for hydroxylation is 1. The van der Waals surface area contributed by atoms with Crippen molar-refractivity contribution in [3.63, 3.8) is 0 Å². The summed E-state index contributed by atoms with van der Waals surface area (Å²) in [5.74, 6) is 0.0444. The molecule has 0 saturated heterocycles. The van der Waals surface area contributed by atoms with Gasteiger partial charge < -0.3 is 10.6 Å². The lowest BCUT2D eigenvalue weighted by molar-refractivity contribution is -0.120. The number of benzene rings is 1. The minimum atomic E-state index is 0.0444. The van der Waals surface area contributed by atoms with E-state index in [9.17, 15) is 4.79 Å². The summed E-state index contributed by atoms with van der Waals surface area (Å²) in [5, 5.41) is 5.98. The second-order valence-electron chi connectivity index (χ2n) is 3.91. The van der Waals surface area contributed by atoms with E-state index in [0.717, 1.165) is 0 Å².